The maximum atomic E-state index is 11.6. The molecule has 0 fully saturated rings. The number of esters is 1. The van der Waals surface area contributed by atoms with Crippen LogP contribution in [0.25, 0.3) is 11.4 Å². The maximum Gasteiger partial charge on any atom is 0.311 e. The Hall–Kier alpha value is -2.37. The number of methoxy groups -OCH3 is 1. The molecule has 21 heavy (non-hydrogen) atoms. The van der Waals surface area contributed by atoms with Gasteiger partial charge in [-0.15, -0.1) is 0 Å². The van der Waals surface area contributed by atoms with Crippen LogP contribution < -0.4 is 5.73 Å². The van der Waals surface area contributed by atoms with Gasteiger partial charge in [0.1, 0.15) is 0 Å². The minimum atomic E-state index is -0.579. The molecule has 6 heteroatoms. The van der Waals surface area contributed by atoms with Crippen LogP contribution in [-0.4, -0.2) is 23.2 Å². The molecular formula is C15H19N3O3. The molecule has 0 saturated carbocycles. The molecule has 6 nitrogen and oxygen atoms in total. The fraction of sp³-hybridized carbons (Fsp3) is 0.400. The van der Waals surface area contributed by atoms with E-state index in [1.54, 1.807) is 12.1 Å². The molecule has 1 aromatic heterocycles. The van der Waals surface area contributed by atoms with Crippen LogP contribution in [-0.2, 0) is 16.0 Å². The molecule has 2 aromatic rings. The standard InChI is InChI=1S/C15H19N3O3/c1-15(2,14(19)20-3)9-8-12-17-13(18-21-12)10-4-6-11(16)7-5-10/h4-7H,8-9,16H2,1-3H3. The monoisotopic (exact) mass is 289 g/mol. The molecule has 1 heterocycles. The number of carbonyl (C=O) groups excluding carboxylic acids is 1. The molecule has 0 aliphatic rings. The second kappa shape index (κ2) is 5.95. The minimum Gasteiger partial charge on any atom is -0.469 e. The minimum absolute atomic E-state index is 0.249. The van der Waals surface area contributed by atoms with Crippen LogP contribution in [0.5, 0.6) is 0 Å². The summed E-state index contributed by atoms with van der Waals surface area (Å²) in [6, 6.07) is 7.24. The first kappa shape index (κ1) is 15.0. The fourth-order valence-electron chi connectivity index (χ4n) is 1.90. The largest absolute Gasteiger partial charge is 0.469 e. The molecule has 0 saturated heterocycles. The highest BCUT2D eigenvalue weighted by Crippen LogP contribution is 2.25. The number of carbonyl (C=O) groups is 1. The van der Waals surface area contributed by atoms with Gasteiger partial charge in [0, 0.05) is 17.7 Å². The summed E-state index contributed by atoms with van der Waals surface area (Å²) in [6.45, 7) is 3.66. The van der Waals surface area contributed by atoms with E-state index >= 15 is 0 Å². The summed E-state index contributed by atoms with van der Waals surface area (Å²) in [4.78, 5) is 15.9. The van der Waals surface area contributed by atoms with Gasteiger partial charge in [0.25, 0.3) is 0 Å². The highest BCUT2D eigenvalue weighted by Gasteiger charge is 2.29. The Labute approximate surface area is 123 Å². The van der Waals surface area contributed by atoms with Crippen molar-refractivity contribution in [3.63, 3.8) is 0 Å². The summed E-state index contributed by atoms with van der Waals surface area (Å²) in [5, 5.41) is 3.94. The normalized spacial score (nSPS) is 11.4. The van der Waals surface area contributed by atoms with Crippen molar-refractivity contribution in [3.8, 4) is 11.4 Å². The number of nitrogens with zero attached hydrogens (tertiary/aromatic N) is 2. The third kappa shape index (κ3) is 3.59. The van der Waals surface area contributed by atoms with Crippen molar-refractivity contribution in [3.05, 3.63) is 30.2 Å². The van der Waals surface area contributed by atoms with Crippen molar-refractivity contribution in [1.29, 1.82) is 0 Å². The number of aryl methyl sites for hydroxylation is 1. The predicted octanol–water partition coefficient (Wildman–Crippen LogP) is 2.45. The van der Waals surface area contributed by atoms with Gasteiger partial charge in [-0.2, -0.15) is 4.98 Å². The lowest BCUT2D eigenvalue weighted by Gasteiger charge is -2.19. The van der Waals surface area contributed by atoms with Crippen LogP contribution in [0.4, 0.5) is 5.69 Å². The van der Waals surface area contributed by atoms with E-state index in [4.69, 9.17) is 15.0 Å². The van der Waals surface area contributed by atoms with Crippen molar-refractivity contribution in [1.82, 2.24) is 10.1 Å². The summed E-state index contributed by atoms with van der Waals surface area (Å²) in [7, 11) is 1.38. The molecule has 0 radical (unpaired) electrons. The number of hydrogen-bond donors (Lipinski definition) is 1. The zero-order valence-corrected chi connectivity index (χ0v) is 12.4. The van der Waals surface area contributed by atoms with E-state index in [0.717, 1.165) is 5.56 Å². The summed E-state index contributed by atoms with van der Waals surface area (Å²) >= 11 is 0. The topological polar surface area (TPSA) is 91.2 Å². The lowest BCUT2D eigenvalue weighted by Crippen LogP contribution is -2.26. The average Bonchev–Trinajstić information content (AvgIpc) is 2.94. The Balaban J connectivity index is 2.04. The first-order valence-corrected chi connectivity index (χ1v) is 6.69. The quantitative estimate of drug-likeness (QED) is 0.671. The molecule has 0 aliphatic heterocycles. The number of benzene rings is 1. The third-order valence-corrected chi connectivity index (χ3v) is 3.34. The number of anilines is 1. The number of hydrogen-bond acceptors (Lipinski definition) is 6. The first-order chi connectivity index (χ1) is 9.92. The van der Waals surface area contributed by atoms with Gasteiger partial charge in [-0.05, 0) is 44.5 Å². The van der Waals surface area contributed by atoms with E-state index in [1.807, 2.05) is 26.0 Å². The Bertz CT molecular complexity index is 617. The lowest BCUT2D eigenvalue weighted by molar-refractivity contribution is -0.151. The molecule has 2 rings (SSSR count). The van der Waals surface area contributed by atoms with Crippen LogP contribution in [0.1, 0.15) is 26.2 Å². The van der Waals surface area contributed by atoms with Crippen molar-refractivity contribution in [2.45, 2.75) is 26.7 Å². The molecular weight excluding hydrogens is 270 g/mol. The van der Waals surface area contributed by atoms with Crippen LogP contribution in [0, 0.1) is 5.41 Å². The molecule has 2 N–H and O–H groups in total. The second-order valence-corrected chi connectivity index (χ2v) is 5.51. The van der Waals surface area contributed by atoms with Crippen molar-refractivity contribution >= 4 is 11.7 Å². The summed E-state index contributed by atoms with van der Waals surface area (Å²) in [5.74, 6) is 0.764. The van der Waals surface area contributed by atoms with Gasteiger partial charge in [-0.3, -0.25) is 4.79 Å². The number of nitrogen functional groups attached to an aromatic ring is 1. The van der Waals surface area contributed by atoms with Gasteiger partial charge in [-0.25, -0.2) is 0 Å². The highest BCUT2D eigenvalue weighted by atomic mass is 16.5. The van der Waals surface area contributed by atoms with Crippen LogP contribution in [0.2, 0.25) is 0 Å². The Kier molecular flexibility index (Phi) is 4.26. The van der Waals surface area contributed by atoms with E-state index in [2.05, 4.69) is 10.1 Å². The van der Waals surface area contributed by atoms with Gasteiger partial charge in [-0.1, -0.05) is 5.16 Å². The van der Waals surface area contributed by atoms with Crippen molar-refractivity contribution in [2.24, 2.45) is 5.41 Å². The van der Waals surface area contributed by atoms with E-state index in [9.17, 15) is 4.79 Å². The Morgan fingerprint density at radius 1 is 1.33 bits per heavy atom. The van der Waals surface area contributed by atoms with Crippen molar-refractivity contribution < 1.29 is 14.1 Å². The zero-order chi connectivity index (χ0) is 15.5. The maximum absolute atomic E-state index is 11.6. The number of rotatable bonds is 5. The van der Waals surface area contributed by atoms with E-state index in [-0.39, 0.29) is 5.97 Å². The van der Waals surface area contributed by atoms with Gasteiger partial charge < -0.3 is 15.0 Å². The molecule has 1 aromatic carbocycles. The Morgan fingerprint density at radius 2 is 2.00 bits per heavy atom. The molecule has 0 atom stereocenters. The number of ether oxygens (including phenoxy) is 1. The van der Waals surface area contributed by atoms with E-state index in [0.29, 0.717) is 30.2 Å². The van der Waals surface area contributed by atoms with Crippen LogP contribution >= 0.6 is 0 Å². The molecule has 0 bridgehead atoms. The molecule has 0 spiro atoms. The smallest absolute Gasteiger partial charge is 0.311 e. The van der Waals surface area contributed by atoms with Gasteiger partial charge in [0.2, 0.25) is 11.7 Å². The molecule has 0 aliphatic carbocycles. The number of nitrogens with two attached hydrogens (primary N) is 1. The van der Waals surface area contributed by atoms with Crippen LogP contribution in [0.3, 0.4) is 0 Å². The van der Waals surface area contributed by atoms with Gasteiger partial charge in [0.15, 0.2) is 0 Å². The van der Waals surface area contributed by atoms with E-state index in [1.165, 1.54) is 7.11 Å². The SMILES string of the molecule is COC(=O)C(C)(C)CCc1nc(-c2ccc(N)cc2)no1. The highest BCUT2D eigenvalue weighted by molar-refractivity contribution is 5.75. The van der Waals surface area contributed by atoms with Gasteiger partial charge in [0.05, 0.1) is 12.5 Å². The summed E-state index contributed by atoms with van der Waals surface area (Å²) in [6.07, 6.45) is 1.09. The summed E-state index contributed by atoms with van der Waals surface area (Å²) < 4.78 is 9.99. The summed E-state index contributed by atoms with van der Waals surface area (Å²) in [5.41, 5.74) is 6.58. The lowest BCUT2D eigenvalue weighted by atomic mass is 9.88. The van der Waals surface area contributed by atoms with Crippen molar-refractivity contribution in [2.75, 3.05) is 12.8 Å². The number of aromatic nitrogens is 2. The van der Waals surface area contributed by atoms with Gasteiger partial charge >= 0.3 is 5.97 Å². The van der Waals surface area contributed by atoms with Crippen LogP contribution in [0.15, 0.2) is 28.8 Å². The molecule has 112 valence electrons. The molecule has 0 amide bonds. The fourth-order valence-corrected chi connectivity index (χ4v) is 1.90. The third-order valence-electron chi connectivity index (χ3n) is 3.34. The van der Waals surface area contributed by atoms with E-state index < -0.39 is 5.41 Å². The predicted molar refractivity (Wildman–Crippen MR) is 78.3 cm³/mol. The second-order valence-electron chi connectivity index (χ2n) is 5.51. The Morgan fingerprint density at radius 3 is 2.62 bits per heavy atom. The molecule has 0 unspecified atom stereocenters. The zero-order valence-electron chi connectivity index (χ0n) is 12.4. The average molecular weight is 289 g/mol. The first-order valence-electron chi connectivity index (χ1n) is 6.69.